The Morgan fingerprint density at radius 1 is 0.818 bits per heavy atom. The smallest absolute Gasteiger partial charge is 0.340 e. The molecule has 0 radical (unpaired) electrons. The monoisotopic (exact) mass is 444 g/mol. The van der Waals surface area contributed by atoms with E-state index in [4.69, 9.17) is 9.47 Å². The number of phenols is 2. The van der Waals surface area contributed by atoms with Gasteiger partial charge in [-0.3, -0.25) is 0 Å². The number of aryl methyl sites for hydroxylation is 2. The van der Waals surface area contributed by atoms with E-state index >= 15 is 0 Å². The van der Waals surface area contributed by atoms with E-state index in [1.807, 2.05) is 59.7 Å². The maximum atomic E-state index is 13.2. The number of aromatic hydroxyl groups is 2. The Balaban J connectivity index is 2.03. The highest BCUT2D eigenvalue weighted by Crippen LogP contribution is 2.62. The Morgan fingerprint density at radius 3 is 1.79 bits per heavy atom. The summed E-state index contributed by atoms with van der Waals surface area (Å²) in [7, 11) is 0. The normalized spacial score (nSPS) is 15.3. The number of phenolic OH excluding ortho intramolecular Hbond substituents is 2. The molecule has 0 saturated heterocycles. The average molecular weight is 445 g/mol. The first-order valence-electron chi connectivity index (χ1n) is 11.3. The molecule has 0 unspecified atom stereocenters. The molecule has 1 spiro atoms. The lowest BCUT2D eigenvalue weighted by atomic mass is 9.72. The zero-order valence-electron chi connectivity index (χ0n) is 19.7. The topological polar surface area (TPSA) is 76.0 Å². The molecule has 3 aromatic carbocycles. The lowest BCUT2D eigenvalue weighted by Gasteiger charge is -2.41. The maximum absolute atomic E-state index is 13.2. The van der Waals surface area contributed by atoms with Gasteiger partial charge in [0.1, 0.15) is 23.0 Å². The molecular formula is C28H28O5. The van der Waals surface area contributed by atoms with Crippen LogP contribution in [0.4, 0.5) is 0 Å². The van der Waals surface area contributed by atoms with E-state index < -0.39 is 11.6 Å². The van der Waals surface area contributed by atoms with Gasteiger partial charge in [0.15, 0.2) is 5.60 Å². The molecule has 0 fully saturated rings. The molecule has 2 N–H and O–H groups in total. The summed E-state index contributed by atoms with van der Waals surface area (Å²) in [6, 6.07) is 10.9. The Bertz CT molecular complexity index is 1260. The third-order valence-electron chi connectivity index (χ3n) is 6.83. The Kier molecular flexibility index (Phi) is 4.54. The van der Waals surface area contributed by atoms with Gasteiger partial charge in [-0.1, -0.05) is 45.9 Å². The molecule has 2 aliphatic heterocycles. The van der Waals surface area contributed by atoms with Gasteiger partial charge < -0.3 is 19.7 Å². The van der Waals surface area contributed by atoms with Crippen molar-refractivity contribution in [2.24, 2.45) is 0 Å². The average Bonchev–Trinajstić information content (AvgIpc) is 2.99. The Labute approximate surface area is 193 Å². The highest BCUT2D eigenvalue weighted by atomic mass is 16.6. The minimum absolute atomic E-state index is 0.0498. The van der Waals surface area contributed by atoms with Crippen molar-refractivity contribution in [3.63, 3.8) is 0 Å². The highest BCUT2D eigenvalue weighted by Gasteiger charge is 2.56. The largest absolute Gasteiger partial charge is 0.508 e. The van der Waals surface area contributed by atoms with Gasteiger partial charge >= 0.3 is 5.97 Å². The lowest BCUT2D eigenvalue weighted by Crippen LogP contribution is -2.35. The van der Waals surface area contributed by atoms with E-state index in [1.165, 1.54) is 0 Å². The first-order chi connectivity index (χ1) is 15.6. The van der Waals surface area contributed by atoms with E-state index in [0.29, 0.717) is 28.2 Å². The van der Waals surface area contributed by atoms with Gasteiger partial charge in [-0.2, -0.15) is 0 Å². The summed E-state index contributed by atoms with van der Waals surface area (Å²) in [5.41, 5.74) is 4.28. The minimum atomic E-state index is -1.24. The molecule has 5 rings (SSSR count). The van der Waals surface area contributed by atoms with Gasteiger partial charge in [0, 0.05) is 16.7 Å². The second-order valence-electron chi connectivity index (χ2n) is 9.69. The second-order valence-corrected chi connectivity index (χ2v) is 9.69. The zero-order valence-corrected chi connectivity index (χ0v) is 19.7. The molecule has 0 atom stereocenters. The van der Waals surface area contributed by atoms with Crippen molar-refractivity contribution in [1.82, 2.24) is 0 Å². The van der Waals surface area contributed by atoms with Crippen LogP contribution in [0.1, 0.15) is 88.8 Å². The van der Waals surface area contributed by atoms with E-state index in [-0.39, 0.29) is 23.3 Å². The first kappa shape index (κ1) is 21.4. The molecule has 2 heterocycles. The van der Waals surface area contributed by atoms with Crippen LogP contribution in [0.5, 0.6) is 23.0 Å². The summed E-state index contributed by atoms with van der Waals surface area (Å²) in [4.78, 5) is 13.2. The molecular weight excluding hydrogens is 416 g/mol. The van der Waals surface area contributed by atoms with Crippen LogP contribution < -0.4 is 4.74 Å². The standard InChI is InChI=1S/C28H28O5/c1-13(2)21-19(29)11-15(5)23-25(21)32-26-22(14(3)4)20(30)12-16(6)24(26)28(23)18-10-8-7-9-17(18)27(31)33-28/h7-14,29-30H,1-6H3. The number of hydrogen-bond acceptors (Lipinski definition) is 5. The van der Waals surface area contributed by atoms with Crippen LogP contribution in [-0.4, -0.2) is 16.2 Å². The number of esters is 1. The van der Waals surface area contributed by atoms with Crippen LogP contribution >= 0.6 is 0 Å². The predicted octanol–water partition coefficient (Wildman–Crippen LogP) is 6.53. The molecule has 0 bridgehead atoms. The molecule has 5 heteroatoms. The van der Waals surface area contributed by atoms with Crippen molar-refractivity contribution in [1.29, 1.82) is 0 Å². The SMILES string of the molecule is Cc1cc(O)c(C(C)C)c2c1C1(OC(=O)c3ccccc31)c1c(C)cc(O)c(C(C)C)c1O2. The number of carbonyl (C=O) groups excluding carboxylic acids is 1. The van der Waals surface area contributed by atoms with E-state index in [2.05, 4.69) is 0 Å². The maximum Gasteiger partial charge on any atom is 0.340 e. The van der Waals surface area contributed by atoms with Crippen molar-refractivity contribution < 1.29 is 24.5 Å². The van der Waals surface area contributed by atoms with Gasteiger partial charge in [0.05, 0.1) is 16.7 Å². The Morgan fingerprint density at radius 2 is 1.30 bits per heavy atom. The molecule has 0 amide bonds. The highest BCUT2D eigenvalue weighted by molar-refractivity contribution is 5.97. The zero-order chi connectivity index (χ0) is 23.8. The van der Waals surface area contributed by atoms with Crippen molar-refractivity contribution in [2.75, 3.05) is 0 Å². The number of fused-ring (bicyclic) bond motifs is 6. The molecule has 0 saturated carbocycles. The predicted molar refractivity (Wildman–Crippen MR) is 126 cm³/mol. The van der Waals surface area contributed by atoms with E-state index in [1.54, 1.807) is 18.2 Å². The van der Waals surface area contributed by atoms with Crippen LogP contribution in [0.3, 0.4) is 0 Å². The van der Waals surface area contributed by atoms with Crippen LogP contribution in [0.25, 0.3) is 0 Å². The molecule has 0 aromatic heterocycles. The third-order valence-corrected chi connectivity index (χ3v) is 6.83. The second kappa shape index (κ2) is 7.01. The quantitative estimate of drug-likeness (QED) is 0.440. The molecule has 170 valence electrons. The van der Waals surface area contributed by atoms with Crippen molar-refractivity contribution in [2.45, 2.75) is 59.0 Å². The molecule has 2 aliphatic rings. The molecule has 3 aromatic rings. The molecule has 0 aliphatic carbocycles. The fourth-order valence-corrected chi connectivity index (χ4v) is 5.59. The van der Waals surface area contributed by atoms with Crippen molar-refractivity contribution in [3.05, 3.63) is 80.9 Å². The third kappa shape index (κ3) is 2.68. The fourth-order valence-electron chi connectivity index (χ4n) is 5.59. The summed E-state index contributed by atoms with van der Waals surface area (Å²) in [6.07, 6.45) is 0. The molecule has 5 nitrogen and oxygen atoms in total. The number of carbonyl (C=O) groups is 1. The summed E-state index contributed by atoms with van der Waals surface area (Å²) >= 11 is 0. The fraction of sp³-hybridized carbons (Fsp3) is 0.321. The van der Waals surface area contributed by atoms with Crippen LogP contribution in [0.15, 0.2) is 36.4 Å². The number of benzene rings is 3. The molecule has 33 heavy (non-hydrogen) atoms. The van der Waals surface area contributed by atoms with Gasteiger partial charge in [0.25, 0.3) is 0 Å². The van der Waals surface area contributed by atoms with Crippen LogP contribution in [0, 0.1) is 13.8 Å². The van der Waals surface area contributed by atoms with Crippen molar-refractivity contribution >= 4 is 5.97 Å². The van der Waals surface area contributed by atoms with Crippen molar-refractivity contribution in [3.8, 4) is 23.0 Å². The van der Waals surface area contributed by atoms with Crippen LogP contribution in [0.2, 0.25) is 0 Å². The van der Waals surface area contributed by atoms with E-state index in [9.17, 15) is 15.0 Å². The van der Waals surface area contributed by atoms with Gasteiger partial charge in [-0.05, 0) is 55.0 Å². The summed E-state index contributed by atoms with van der Waals surface area (Å²) in [5.74, 6) is 0.762. The van der Waals surface area contributed by atoms with E-state index in [0.717, 1.165) is 27.8 Å². The lowest BCUT2D eigenvalue weighted by molar-refractivity contribution is 0.0219. The number of ether oxygens (including phenoxy) is 2. The van der Waals surface area contributed by atoms with Gasteiger partial charge in [0.2, 0.25) is 0 Å². The summed E-state index contributed by atoms with van der Waals surface area (Å²) in [6.45, 7) is 11.7. The summed E-state index contributed by atoms with van der Waals surface area (Å²) < 4.78 is 13.0. The first-order valence-corrected chi connectivity index (χ1v) is 11.3. The van der Waals surface area contributed by atoms with Gasteiger partial charge in [-0.25, -0.2) is 4.79 Å². The summed E-state index contributed by atoms with van der Waals surface area (Å²) in [5, 5.41) is 21.8. The number of hydrogen-bond donors (Lipinski definition) is 2. The van der Waals surface area contributed by atoms with Crippen LogP contribution in [-0.2, 0) is 10.3 Å². The Hall–Kier alpha value is -3.47. The minimum Gasteiger partial charge on any atom is -0.508 e. The number of rotatable bonds is 2. The van der Waals surface area contributed by atoms with Gasteiger partial charge in [-0.15, -0.1) is 0 Å².